The molecule has 0 heterocycles. The molecule has 0 spiro atoms. The highest BCUT2D eigenvalue weighted by atomic mass is 16.2. The Morgan fingerprint density at radius 3 is 2.80 bits per heavy atom. The highest BCUT2D eigenvalue weighted by Crippen LogP contribution is 2.26. The summed E-state index contributed by atoms with van der Waals surface area (Å²) in [5.41, 5.74) is 5.91. The van der Waals surface area contributed by atoms with E-state index < -0.39 is 0 Å². The molecule has 3 heteroatoms. The smallest absolute Gasteiger partial charge is 0.222 e. The molecule has 1 amide bonds. The Kier molecular flexibility index (Phi) is 5.09. The summed E-state index contributed by atoms with van der Waals surface area (Å²) in [6.45, 7) is 2.97. The van der Waals surface area contributed by atoms with Gasteiger partial charge in [-0.25, -0.2) is 0 Å². The van der Waals surface area contributed by atoms with Gasteiger partial charge >= 0.3 is 0 Å². The minimum Gasteiger partial charge on any atom is -0.346 e. The maximum Gasteiger partial charge on any atom is 0.222 e. The van der Waals surface area contributed by atoms with Gasteiger partial charge in [0.2, 0.25) is 5.91 Å². The lowest BCUT2D eigenvalue weighted by molar-refractivity contribution is -0.131. The first-order valence-electron chi connectivity index (χ1n) is 6.13. The number of hydrogen-bond donors (Lipinski definition) is 1. The third kappa shape index (κ3) is 4.20. The van der Waals surface area contributed by atoms with E-state index in [1.807, 2.05) is 11.9 Å². The predicted octanol–water partition coefficient (Wildman–Crippen LogP) is 1.76. The van der Waals surface area contributed by atoms with Crippen molar-refractivity contribution in [2.75, 3.05) is 13.6 Å². The van der Waals surface area contributed by atoms with Crippen molar-refractivity contribution >= 4 is 5.91 Å². The summed E-state index contributed by atoms with van der Waals surface area (Å²) in [6.07, 6.45) is 6.27. The van der Waals surface area contributed by atoms with Crippen molar-refractivity contribution in [1.29, 1.82) is 0 Å². The Labute approximate surface area is 93.0 Å². The first kappa shape index (κ1) is 12.5. The molecule has 0 aromatic carbocycles. The van der Waals surface area contributed by atoms with Crippen LogP contribution in [0.5, 0.6) is 0 Å². The first-order valence-corrected chi connectivity index (χ1v) is 6.13. The molecule has 1 rings (SSSR count). The summed E-state index contributed by atoms with van der Waals surface area (Å²) >= 11 is 0. The van der Waals surface area contributed by atoms with Crippen LogP contribution in [-0.2, 0) is 4.79 Å². The molecule has 1 fully saturated rings. The van der Waals surface area contributed by atoms with Crippen LogP contribution in [0, 0.1) is 5.92 Å². The largest absolute Gasteiger partial charge is 0.346 e. The Balaban J connectivity index is 2.30. The summed E-state index contributed by atoms with van der Waals surface area (Å²) in [7, 11) is 1.90. The van der Waals surface area contributed by atoms with E-state index in [0.29, 0.717) is 18.4 Å². The molecule has 0 aromatic rings. The fourth-order valence-electron chi connectivity index (χ4n) is 2.38. The molecule has 1 aliphatic rings. The Morgan fingerprint density at radius 1 is 1.47 bits per heavy atom. The molecular formula is C12H24N2O. The zero-order valence-electron chi connectivity index (χ0n) is 10.0. The first-order chi connectivity index (χ1) is 7.13. The van der Waals surface area contributed by atoms with E-state index in [9.17, 15) is 4.79 Å². The predicted molar refractivity (Wildman–Crippen MR) is 62.5 cm³/mol. The molecule has 0 aromatic heterocycles. The minimum absolute atomic E-state index is 0.288. The second kappa shape index (κ2) is 6.11. The van der Waals surface area contributed by atoms with Gasteiger partial charge in [0.05, 0.1) is 0 Å². The van der Waals surface area contributed by atoms with Crippen LogP contribution in [0.3, 0.4) is 0 Å². The zero-order valence-corrected chi connectivity index (χ0v) is 10.0. The number of amides is 1. The Bertz CT molecular complexity index is 206. The van der Waals surface area contributed by atoms with Crippen molar-refractivity contribution in [3.63, 3.8) is 0 Å². The van der Waals surface area contributed by atoms with Crippen molar-refractivity contribution in [2.24, 2.45) is 11.7 Å². The van der Waals surface area contributed by atoms with Crippen molar-refractivity contribution < 1.29 is 4.79 Å². The summed E-state index contributed by atoms with van der Waals surface area (Å²) in [4.78, 5) is 13.6. The molecule has 88 valence electrons. The molecule has 2 atom stereocenters. The van der Waals surface area contributed by atoms with Crippen LogP contribution in [-0.4, -0.2) is 30.4 Å². The summed E-state index contributed by atoms with van der Waals surface area (Å²) in [6, 6.07) is 0.327. The van der Waals surface area contributed by atoms with E-state index in [-0.39, 0.29) is 5.91 Å². The van der Waals surface area contributed by atoms with Crippen molar-refractivity contribution in [3.05, 3.63) is 0 Å². The fourth-order valence-corrected chi connectivity index (χ4v) is 2.38. The normalized spacial score (nSPS) is 26.3. The molecule has 0 bridgehead atoms. The lowest BCUT2D eigenvalue weighted by Crippen LogP contribution is -2.33. The third-order valence-electron chi connectivity index (χ3n) is 3.27. The number of carbonyl (C=O) groups is 1. The Morgan fingerprint density at radius 2 is 2.20 bits per heavy atom. The third-order valence-corrected chi connectivity index (χ3v) is 3.27. The molecule has 0 saturated heterocycles. The van der Waals surface area contributed by atoms with E-state index in [1.165, 1.54) is 12.8 Å². The maximum absolute atomic E-state index is 11.8. The van der Waals surface area contributed by atoms with Crippen LogP contribution in [0.1, 0.15) is 45.4 Å². The van der Waals surface area contributed by atoms with Gasteiger partial charge in [-0.2, -0.15) is 0 Å². The SMILES string of the molecule is CCCN(C)C(=O)CC1CCCC(N)C1. The summed E-state index contributed by atoms with van der Waals surface area (Å²) in [5.74, 6) is 0.816. The quantitative estimate of drug-likeness (QED) is 0.772. The average molecular weight is 212 g/mol. The topological polar surface area (TPSA) is 46.3 Å². The Hall–Kier alpha value is -0.570. The molecule has 15 heavy (non-hydrogen) atoms. The van der Waals surface area contributed by atoms with Gasteiger partial charge in [0.1, 0.15) is 0 Å². The molecule has 1 aliphatic carbocycles. The van der Waals surface area contributed by atoms with Crippen LogP contribution < -0.4 is 5.73 Å². The molecule has 1 saturated carbocycles. The number of nitrogens with two attached hydrogens (primary N) is 1. The monoisotopic (exact) mass is 212 g/mol. The van der Waals surface area contributed by atoms with Crippen LogP contribution in [0.25, 0.3) is 0 Å². The van der Waals surface area contributed by atoms with Gasteiger partial charge in [-0.1, -0.05) is 13.3 Å². The van der Waals surface area contributed by atoms with Crippen molar-refractivity contribution in [1.82, 2.24) is 4.90 Å². The van der Waals surface area contributed by atoms with Crippen LogP contribution >= 0.6 is 0 Å². The summed E-state index contributed by atoms with van der Waals surface area (Å²) in [5, 5.41) is 0. The van der Waals surface area contributed by atoms with E-state index in [0.717, 1.165) is 25.8 Å². The maximum atomic E-state index is 11.8. The van der Waals surface area contributed by atoms with Gasteiger partial charge in [-0.15, -0.1) is 0 Å². The van der Waals surface area contributed by atoms with Gasteiger partial charge in [0.15, 0.2) is 0 Å². The van der Waals surface area contributed by atoms with E-state index >= 15 is 0 Å². The number of hydrogen-bond acceptors (Lipinski definition) is 2. The number of nitrogens with zero attached hydrogens (tertiary/aromatic N) is 1. The molecule has 0 radical (unpaired) electrons. The zero-order chi connectivity index (χ0) is 11.3. The lowest BCUT2D eigenvalue weighted by atomic mass is 9.84. The van der Waals surface area contributed by atoms with Crippen LogP contribution in [0.15, 0.2) is 0 Å². The van der Waals surface area contributed by atoms with Gasteiger partial charge in [-0.3, -0.25) is 4.79 Å². The highest BCUT2D eigenvalue weighted by Gasteiger charge is 2.22. The van der Waals surface area contributed by atoms with Gasteiger partial charge < -0.3 is 10.6 Å². The molecule has 0 aliphatic heterocycles. The molecule has 2 N–H and O–H groups in total. The second-order valence-electron chi connectivity index (χ2n) is 4.81. The van der Waals surface area contributed by atoms with Gasteiger partial charge in [0, 0.05) is 26.1 Å². The lowest BCUT2D eigenvalue weighted by Gasteiger charge is -2.27. The number of carbonyl (C=O) groups excluding carboxylic acids is 1. The summed E-state index contributed by atoms with van der Waals surface area (Å²) < 4.78 is 0. The minimum atomic E-state index is 0.288. The average Bonchev–Trinajstić information content (AvgIpc) is 2.18. The van der Waals surface area contributed by atoms with Gasteiger partial charge in [0.25, 0.3) is 0 Å². The van der Waals surface area contributed by atoms with Gasteiger partial charge in [-0.05, 0) is 31.6 Å². The van der Waals surface area contributed by atoms with Crippen molar-refractivity contribution in [2.45, 2.75) is 51.5 Å². The molecule has 3 nitrogen and oxygen atoms in total. The highest BCUT2D eigenvalue weighted by molar-refractivity contribution is 5.76. The standard InChI is InChI=1S/C12H24N2O/c1-3-7-14(2)12(15)9-10-5-4-6-11(13)8-10/h10-11H,3-9,13H2,1-2H3. The van der Waals surface area contributed by atoms with Crippen LogP contribution in [0.4, 0.5) is 0 Å². The molecule has 2 unspecified atom stereocenters. The van der Waals surface area contributed by atoms with Crippen LogP contribution in [0.2, 0.25) is 0 Å². The van der Waals surface area contributed by atoms with E-state index in [2.05, 4.69) is 6.92 Å². The number of rotatable bonds is 4. The second-order valence-corrected chi connectivity index (χ2v) is 4.81. The van der Waals surface area contributed by atoms with E-state index in [1.54, 1.807) is 0 Å². The van der Waals surface area contributed by atoms with Crippen molar-refractivity contribution in [3.8, 4) is 0 Å². The molecular weight excluding hydrogens is 188 g/mol. The van der Waals surface area contributed by atoms with E-state index in [4.69, 9.17) is 5.73 Å². The fraction of sp³-hybridized carbons (Fsp3) is 0.917.